The number of nitrogens with one attached hydrogen (secondary N) is 1. The Morgan fingerprint density at radius 1 is 1.42 bits per heavy atom. The van der Waals surface area contributed by atoms with Crippen LogP contribution in [-0.2, 0) is 4.79 Å². The van der Waals surface area contributed by atoms with Gasteiger partial charge in [-0.3, -0.25) is 9.78 Å². The largest absolute Gasteiger partial charge is 0.394 e. The van der Waals surface area contributed by atoms with E-state index in [4.69, 9.17) is 5.11 Å². The van der Waals surface area contributed by atoms with Gasteiger partial charge in [-0.05, 0) is 25.1 Å². The molecular weight excluding hydrogens is 242 g/mol. The highest BCUT2D eigenvalue weighted by Crippen LogP contribution is 2.09. The lowest BCUT2D eigenvalue weighted by Crippen LogP contribution is -2.33. The second-order valence-electron chi connectivity index (χ2n) is 4.21. The molecule has 0 aliphatic heterocycles. The molecule has 1 aromatic heterocycles. The fourth-order valence-corrected chi connectivity index (χ4v) is 1.55. The minimum atomic E-state index is -0.267. The van der Waals surface area contributed by atoms with Gasteiger partial charge in [-0.25, -0.2) is 4.98 Å². The molecule has 1 atom stereocenters. The highest BCUT2D eigenvalue weighted by molar-refractivity contribution is 5.91. The van der Waals surface area contributed by atoms with Crippen LogP contribution in [0.3, 0.4) is 0 Å². The molecule has 2 rings (SSSR count). The average molecular weight is 257 g/mol. The Hall–Kier alpha value is -2.27. The molecular formula is C14H15N3O2. The van der Waals surface area contributed by atoms with Crippen molar-refractivity contribution in [3.63, 3.8) is 0 Å². The predicted octanol–water partition coefficient (Wildman–Crippen LogP) is 1.14. The lowest BCUT2D eigenvalue weighted by atomic mass is 10.3. The van der Waals surface area contributed by atoms with Crippen molar-refractivity contribution >= 4 is 23.0 Å². The van der Waals surface area contributed by atoms with Crippen LogP contribution in [0.2, 0.25) is 0 Å². The van der Waals surface area contributed by atoms with Crippen LogP contribution in [0, 0.1) is 0 Å². The van der Waals surface area contributed by atoms with Crippen LogP contribution in [0.15, 0.2) is 36.5 Å². The van der Waals surface area contributed by atoms with Crippen LogP contribution in [-0.4, -0.2) is 33.6 Å². The standard InChI is InChI=1S/C14H15N3O2/c1-10(9-18)16-14(19)7-6-11-8-15-12-4-2-3-5-13(12)17-11/h2-8,10,18H,9H2,1H3,(H,16,19)/b7-6+. The van der Waals surface area contributed by atoms with E-state index in [0.717, 1.165) is 11.0 Å². The Bertz CT molecular complexity index is 610. The maximum atomic E-state index is 11.5. The van der Waals surface area contributed by atoms with E-state index >= 15 is 0 Å². The van der Waals surface area contributed by atoms with Gasteiger partial charge in [0.25, 0.3) is 0 Å². The molecule has 0 saturated heterocycles. The van der Waals surface area contributed by atoms with Gasteiger partial charge in [0.15, 0.2) is 0 Å². The van der Waals surface area contributed by atoms with E-state index in [-0.39, 0.29) is 18.6 Å². The minimum absolute atomic E-state index is 0.0879. The van der Waals surface area contributed by atoms with Gasteiger partial charge in [-0.15, -0.1) is 0 Å². The highest BCUT2D eigenvalue weighted by atomic mass is 16.3. The number of para-hydroxylation sites is 2. The summed E-state index contributed by atoms with van der Waals surface area (Å²) in [6, 6.07) is 7.27. The average Bonchev–Trinajstić information content (AvgIpc) is 2.44. The lowest BCUT2D eigenvalue weighted by Gasteiger charge is -2.07. The summed E-state index contributed by atoms with van der Waals surface area (Å²) in [4.78, 5) is 20.1. The van der Waals surface area contributed by atoms with E-state index in [1.807, 2.05) is 24.3 Å². The van der Waals surface area contributed by atoms with Crippen LogP contribution < -0.4 is 5.32 Å². The zero-order chi connectivity index (χ0) is 13.7. The number of carbonyl (C=O) groups is 1. The summed E-state index contributed by atoms with van der Waals surface area (Å²) < 4.78 is 0. The molecule has 0 aliphatic carbocycles. The molecule has 0 spiro atoms. The molecule has 1 heterocycles. The molecule has 0 saturated carbocycles. The quantitative estimate of drug-likeness (QED) is 0.805. The number of aliphatic hydroxyl groups is 1. The lowest BCUT2D eigenvalue weighted by molar-refractivity contribution is -0.117. The number of aliphatic hydroxyl groups excluding tert-OH is 1. The number of carbonyl (C=O) groups excluding carboxylic acids is 1. The fourth-order valence-electron chi connectivity index (χ4n) is 1.55. The zero-order valence-corrected chi connectivity index (χ0v) is 10.6. The summed E-state index contributed by atoms with van der Waals surface area (Å²) in [5.74, 6) is -0.267. The molecule has 0 fully saturated rings. The maximum Gasteiger partial charge on any atom is 0.244 e. The van der Waals surface area contributed by atoms with Crippen molar-refractivity contribution in [3.8, 4) is 0 Å². The second-order valence-corrected chi connectivity index (χ2v) is 4.21. The first-order valence-corrected chi connectivity index (χ1v) is 6.00. The number of benzene rings is 1. The number of fused-ring (bicyclic) bond motifs is 1. The van der Waals surface area contributed by atoms with Crippen molar-refractivity contribution < 1.29 is 9.90 Å². The number of rotatable bonds is 4. The number of hydrogen-bond donors (Lipinski definition) is 2. The normalized spacial score (nSPS) is 12.7. The number of amides is 1. The first-order valence-electron chi connectivity index (χ1n) is 6.00. The Morgan fingerprint density at radius 3 is 2.89 bits per heavy atom. The Labute approximate surface area is 111 Å². The third-order valence-electron chi connectivity index (χ3n) is 2.54. The Kier molecular flexibility index (Phi) is 4.20. The van der Waals surface area contributed by atoms with Crippen molar-refractivity contribution in [2.75, 3.05) is 6.61 Å². The Balaban J connectivity index is 2.10. The third kappa shape index (κ3) is 3.59. The molecule has 1 amide bonds. The molecule has 1 aromatic carbocycles. The van der Waals surface area contributed by atoms with Crippen LogP contribution in [0.1, 0.15) is 12.6 Å². The zero-order valence-electron chi connectivity index (χ0n) is 10.6. The van der Waals surface area contributed by atoms with Crippen molar-refractivity contribution in [2.45, 2.75) is 13.0 Å². The first kappa shape index (κ1) is 13.2. The monoisotopic (exact) mass is 257 g/mol. The van der Waals surface area contributed by atoms with Gasteiger partial charge in [0.1, 0.15) is 0 Å². The molecule has 5 nitrogen and oxygen atoms in total. The summed E-state index contributed by atoms with van der Waals surface area (Å²) in [7, 11) is 0. The summed E-state index contributed by atoms with van der Waals surface area (Å²) in [6.45, 7) is 1.64. The summed E-state index contributed by atoms with van der Waals surface area (Å²) in [5.41, 5.74) is 2.22. The molecule has 5 heteroatoms. The van der Waals surface area contributed by atoms with Crippen molar-refractivity contribution in [2.24, 2.45) is 0 Å². The van der Waals surface area contributed by atoms with Gasteiger partial charge in [-0.2, -0.15) is 0 Å². The van der Waals surface area contributed by atoms with Crippen LogP contribution in [0.4, 0.5) is 0 Å². The van der Waals surface area contributed by atoms with E-state index in [0.29, 0.717) is 5.69 Å². The Morgan fingerprint density at radius 2 is 2.16 bits per heavy atom. The van der Waals surface area contributed by atoms with Gasteiger partial charge < -0.3 is 10.4 Å². The molecule has 19 heavy (non-hydrogen) atoms. The predicted molar refractivity (Wildman–Crippen MR) is 73.3 cm³/mol. The minimum Gasteiger partial charge on any atom is -0.394 e. The molecule has 0 aliphatic rings. The smallest absolute Gasteiger partial charge is 0.244 e. The molecule has 0 radical (unpaired) electrons. The number of hydrogen-bond acceptors (Lipinski definition) is 4. The van der Waals surface area contributed by atoms with Gasteiger partial charge in [-0.1, -0.05) is 12.1 Å². The summed E-state index contributed by atoms with van der Waals surface area (Å²) in [6.07, 6.45) is 4.59. The number of nitrogens with zero attached hydrogens (tertiary/aromatic N) is 2. The van der Waals surface area contributed by atoms with Gasteiger partial charge in [0.05, 0.1) is 29.5 Å². The van der Waals surface area contributed by atoms with E-state index in [1.165, 1.54) is 6.08 Å². The first-order chi connectivity index (χ1) is 9.19. The molecule has 2 N–H and O–H groups in total. The van der Waals surface area contributed by atoms with E-state index in [1.54, 1.807) is 19.2 Å². The van der Waals surface area contributed by atoms with Gasteiger partial charge >= 0.3 is 0 Å². The van der Waals surface area contributed by atoms with Crippen LogP contribution in [0.25, 0.3) is 17.1 Å². The highest BCUT2D eigenvalue weighted by Gasteiger charge is 2.02. The summed E-state index contributed by atoms with van der Waals surface area (Å²) in [5, 5.41) is 11.4. The molecule has 0 bridgehead atoms. The molecule has 2 aromatic rings. The van der Waals surface area contributed by atoms with Crippen molar-refractivity contribution in [3.05, 3.63) is 42.2 Å². The van der Waals surface area contributed by atoms with Crippen LogP contribution >= 0.6 is 0 Å². The van der Waals surface area contributed by atoms with Crippen molar-refractivity contribution in [1.82, 2.24) is 15.3 Å². The molecule has 98 valence electrons. The van der Waals surface area contributed by atoms with Crippen LogP contribution in [0.5, 0.6) is 0 Å². The SMILES string of the molecule is CC(CO)NC(=O)/C=C/c1cnc2ccccc2n1. The second kappa shape index (κ2) is 6.06. The number of aromatic nitrogens is 2. The topological polar surface area (TPSA) is 75.1 Å². The van der Waals surface area contributed by atoms with E-state index in [2.05, 4.69) is 15.3 Å². The maximum absolute atomic E-state index is 11.5. The fraction of sp³-hybridized carbons (Fsp3) is 0.214. The van der Waals surface area contributed by atoms with Gasteiger partial charge in [0, 0.05) is 12.1 Å². The van der Waals surface area contributed by atoms with Crippen molar-refractivity contribution in [1.29, 1.82) is 0 Å². The van der Waals surface area contributed by atoms with Gasteiger partial charge in [0.2, 0.25) is 5.91 Å². The van der Waals surface area contributed by atoms with E-state index in [9.17, 15) is 4.79 Å². The van der Waals surface area contributed by atoms with E-state index < -0.39 is 0 Å². The summed E-state index contributed by atoms with van der Waals surface area (Å²) >= 11 is 0. The third-order valence-corrected chi connectivity index (χ3v) is 2.54. The molecule has 1 unspecified atom stereocenters.